The van der Waals surface area contributed by atoms with Crippen molar-refractivity contribution in [1.29, 1.82) is 0 Å². The van der Waals surface area contributed by atoms with Crippen LogP contribution in [0.3, 0.4) is 0 Å². The van der Waals surface area contributed by atoms with Crippen molar-refractivity contribution in [2.75, 3.05) is 36.8 Å². The van der Waals surface area contributed by atoms with Gasteiger partial charge in [-0.25, -0.2) is 8.78 Å². The number of halogens is 2. The molecule has 1 aliphatic heterocycles. The van der Waals surface area contributed by atoms with E-state index in [4.69, 9.17) is 5.73 Å². The van der Waals surface area contributed by atoms with Crippen LogP contribution < -0.4 is 10.6 Å². The van der Waals surface area contributed by atoms with Gasteiger partial charge in [-0.05, 0) is 18.9 Å². The molecule has 1 aliphatic carbocycles. The normalized spacial score (nSPS) is 21.6. The van der Waals surface area contributed by atoms with Crippen molar-refractivity contribution in [2.24, 2.45) is 0 Å². The highest BCUT2D eigenvalue weighted by atomic mass is 19.1. The lowest BCUT2D eigenvalue weighted by Gasteiger charge is -2.39. The summed E-state index contributed by atoms with van der Waals surface area (Å²) < 4.78 is 26.9. The molecule has 1 saturated carbocycles. The van der Waals surface area contributed by atoms with E-state index in [0.717, 1.165) is 32.2 Å². The van der Waals surface area contributed by atoms with Crippen LogP contribution in [0.25, 0.3) is 0 Å². The molecule has 1 aromatic carbocycles. The lowest BCUT2D eigenvalue weighted by atomic mass is 10.1. The number of nitrogen functional groups attached to an aromatic ring is 1. The molecule has 110 valence electrons. The summed E-state index contributed by atoms with van der Waals surface area (Å²) in [5.41, 5.74) is 6.29. The topological polar surface area (TPSA) is 32.5 Å². The van der Waals surface area contributed by atoms with Gasteiger partial charge in [0.25, 0.3) is 0 Å². The van der Waals surface area contributed by atoms with Gasteiger partial charge in [-0.3, -0.25) is 4.90 Å². The average molecular weight is 281 g/mol. The Kier molecular flexibility index (Phi) is 3.78. The van der Waals surface area contributed by atoms with Gasteiger partial charge in [0.05, 0.1) is 11.4 Å². The molecule has 2 N–H and O–H groups in total. The van der Waals surface area contributed by atoms with Gasteiger partial charge in [-0.2, -0.15) is 0 Å². The number of rotatable bonds is 2. The minimum absolute atomic E-state index is 0.0562. The quantitative estimate of drug-likeness (QED) is 0.846. The van der Waals surface area contributed by atoms with Crippen LogP contribution in [0, 0.1) is 11.6 Å². The third-order valence-electron chi connectivity index (χ3n) is 4.57. The van der Waals surface area contributed by atoms with Crippen LogP contribution in [0.5, 0.6) is 0 Å². The van der Waals surface area contributed by atoms with Crippen molar-refractivity contribution in [1.82, 2.24) is 4.90 Å². The molecule has 1 heterocycles. The second-order valence-electron chi connectivity index (χ2n) is 5.78. The Morgan fingerprint density at radius 1 is 1.00 bits per heavy atom. The van der Waals surface area contributed by atoms with E-state index in [0.29, 0.717) is 11.7 Å². The smallest absolute Gasteiger partial charge is 0.151 e. The van der Waals surface area contributed by atoms with E-state index in [1.807, 2.05) is 4.90 Å². The molecule has 0 unspecified atom stereocenters. The number of anilines is 2. The molecular formula is C15H21F2N3. The second-order valence-corrected chi connectivity index (χ2v) is 5.78. The molecule has 3 nitrogen and oxygen atoms in total. The van der Waals surface area contributed by atoms with Gasteiger partial charge >= 0.3 is 0 Å². The number of hydrogen-bond donors (Lipinski definition) is 1. The largest absolute Gasteiger partial charge is 0.395 e. The molecule has 0 spiro atoms. The fraction of sp³-hybridized carbons (Fsp3) is 0.600. The molecule has 0 amide bonds. The number of nitrogens with two attached hydrogens (primary N) is 1. The minimum Gasteiger partial charge on any atom is -0.395 e. The Balaban J connectivity index is 1.68. The monoisotopic (exact) mass is 281 g/mol. The number of nitrogens with zero attached hydrogens (tertiary/aromatic N) is 2. The Hall–Kier alpha value is -1.36. The molecule has 2 fully saturated rings. The maximum absolute atomic E-state index is 13.5. The summed E-state index contributed by atoms with van der Waals surface area (Å²) in [6, 6.07) is 2.89. The van der Waals surface area contributed by atoms with Crippen molar-refractivity contribution >= 4 is 11.4 Å². The first-order valence-electron chi connectivity index (χ1n) is 7.38. The Morgan fingerprint density at radius 3 is 2.30 bits per heavy atom. The molecule has 5 heteroatoms. The molecule has 0 radical (unpaired) electrons. The average Bonchev–Trinajstić information content (AvgIpc) is 2.97. The summed E-state index contributed by atoms with van der Waals surface area (Å²) in [6.45, 7) is 3.46. The molecule has 1 aromatic rings. The van der Waals surface area contributed by atoms with E-state index in [2.05, 4.69) is 4.90 Å². The van der Waals surface area contributed by atoms with Crippen LogP contribution in [-0.2, 0) is 0 Å². The van der Waals surface area contributed by atoms with Gasteiger partial charge in [0.2, 0.25) is 0 Å². The third-order valence-corrected chi connectivity index (χ3v) is 4.57. The Bertz CT molecular complexity index is 478. The molecule has 20 heavy (non-hydrogen) atoms. The summed E-state index contributed by atoms with van der Waals surface area (Å²) in [5.74, 6) is -1.23. The zero-order chi connectivity index (χ0) is 14.1. The molecule has 0 aromatic heterocycles. The predicted molar refractivity (Wildman–Crippen MR) is 76.8 cm³/mol. The molecule has 3 rings (SSSR count). The summed E-state index contributed by atoms with van der Waals surface area (Å²) in [5, 5.41) is 0. The minimum atomic E-state index is -0.668. The van der Waals surface area contributed by atoms with E-state index in [1.165, 1.54) is 31.7 Å². The van der Waals surface area contributed by atoms with Gasteiger partial charge in [0.15, 0.2) is 5.82 Å². The molecular weight excluding hydrogens is 260 g/mol. The van der Waals surface area contributed by atoms with E-state index in [9.17, 15) is 8.78 Å². The van der Waals surface area contributed by atoms with Crippen molar-refractivity contribution in [3.63, 3.8) is 0 Å². The lowest BCUT2D eigenvalue weighted by molar-refractivity contribution is 0.187. The van der Waals surface area contributed by atoms with Gasteiger partial charge in [-0.15, -0.1) is 0 Å². The van der Waals surface area contributed by atoms with Gasteiger partial charge in [0, 0.05) is 38.3 Å². The van der Waals surface area contributed by atoms with E-state index < -0.39 is 11.6 Å². The van der Waals surface area contributed by atoms with Crippen molar-refractivity contribution in [3.8, 4) is 0 Å². The van der Waals surface area contributed by atoms with Crippen molar-refractivity contribution in [2.45, 2.75) is 31.7 Å². The number of piperazine rings is 1. The first-order valence-corrected chi connectivity index (χ1v) is 7.38. The van der Waals surface area contributed by atoms with E-state index in [1.54, 1.807) is 0 Å². The molecule has 2 aliphatic rings. The van der Waals surface area contributed by atoms with E-state index in [-0.39, 0.29) is 5.69 Å². The summed E-state index contributed by atoms with van der Waals surface area (Å²) in [7, 11) is 0. The Labute approximate surface area is 118 Å². The molecule has 0 atom stereocenters. The SMILES string of the molecule is Nc1c(F)cc(F)cc1N1CCN(C2CCCC2)CC1. The van der Waals surface area contributed by atoms with Gasteiger partial charge in [-0.1, -0.05) is 12.8 Å². The number of hydrogen-bond acceptors (Lipinski definition) is 3. The van der Waals surface area contributed by atoms with Gasteiger partial charge < -0.3 is 10.6 Å². The maximum atomic E-state index is 13.5. The predicted octanol–water partition coefficient (Wildman–Crippen LogP) is 2.61. The van der Waals surface area contributed by atoms with Crippen LogP contribution in [-0.4, -0.2) is 37.1 Å². The fourth-order valence-corrected chi connectivity index (χ4v) is 3.43. The highest BCUT2D eigenvalue weighted by Crippen LogP contribution is 2.30. The number of benzene rings is 1. The maximum Gasteiger partial charge on any atom is 0.151 e. The van der Waals surface area contributed by atoms with Crippen LogP contribution >= 0.6 is 0 Å². The molecule has 0 bridgehead atoms. The van der Waals surface area contributed by atoms with Crippen LogP contribution in [0.2, 0.25) is 0 Å². The third kappa shape index (κ3) is 2.59. The lowest BCUT2D eigenvalue weighted by Crippen LogP contribution is -2.50. The second kappa shape index (κ2) is 5.56. The van der Waals surface area contributed by atoms with Crippen LogP contribution in [0.15, 0.2) is 12.1 Å². The first-order chi connectivity index (χ1) is 9.65. The highest BCUT2D eigenvalue weighted by molar-refractivity contribution is 5.68. The van der Waals surface area contributed by atoms with Crippen LogP contribution in [0.1, 0.15) is 25.7 Å². The first kappa shape index (κ1) is 13.6. The van der Waals surface area contributed by atoms with Crippen LogP contribution in [0.4, 0.5) is 20.2 Å². The summed E-state index contributed by atoms with van der Waals surface area (Å²) >= 11 is 0. The summed E-state index contributed by atoms with van der Waals surface area (Å²) in [4.78, 5) is 4.50. The van der Waals surface area contributed by atoms with Crippen molar-refractivity contribution in [3.05, 3.63) is 23.8 Å². The zero-order valence-corrected chi connectivity index (χ0v) is 11.6. The zero-order valence-electron chi connectivity index (χ0n) is 11.6. The fourth-order valence-electron chi connectivity index (χ4n) is 3.43. The molecule has 1 saturated heterocycles. The summed E-state index contributed by atoms with van der Waals surface area (Å²) in [6.07, 6.45) is 5.23. The van der Waals surface area contributed by atoms with Crippen molar-refractivity contribution < 1.29 is 8.78 Å². The van der Waals surface area contributed by atoms with E-state index >= 15 is 0 Å². The van der Waals surface area contributed by atoms with Gasteiger partial charge in [0.1, 0.15) is 5.82 Å². The highest BCUT2D eigenvalue weighted by Gasteiger charge is 2.27. The Morgan fingerprint density at radius 2 is 1.65 bits per heavy atom. The standard InChI is InChI=1S/C15H21F2N3/c16-11-9-13(17)15(18)14(10-11)20-7-5-19(6-8-20)12-3-1-2-4-12/h9-10,12H,1-8,18H2.